The van der Waals surface area contributed by atoms with Gasteiger partial charge in [-0.2, -0.15) is 0 Å². The van der Waals surface area contributed by atoms with E-state index in [1.807, 2.05) is 7.05 Å². The number of aliphatic hydroxyl groups is 1. The summed E-state index contributed by atoms with van der Waals surface area (Å²) >= 11 is 0. The van der Waals surface area contributed by atoms with Crippen molar-refractivity contribution in [2.24, 2.45) is 5.92 Å². The molecule has 0 radical (unpaired) electrons. The number of alkyl halides is 2. The number of pyridine rings is 1. The number of piperidine rings is 1. The average molecular weight is 459 g/mol. The van der Waals surface area contributed by atoms with E-state index >= 15 is 0 Å². The first-order valence-electron chi connectivity index (χ1n) is 11.6. The number of anilines is 1. The number of nitrogens with two attached hydrogens (primary N) is 1. The van der Waals surface area contributed by atoms with Crippen molar-refractivity contribution in [3.05, 3.63) is 59.8 Å². The maximum Gasteiger partial charge on any atom is 0.260 e. The van der Waals surface area contributed by atoms with Crippen molar-refractivity contribution in [1.82, 2.24) is 14.8 Å². The fourth-order valence-corrected chi connectivity index (χ4v) is 5.19. The quantitative estimate of drug-likeness (QED) is 0.693. The number of rotatable bonds is 6. The van der Waals surface area contributed by atoms with Gasteiger partial charge in [0, 0.05) is 24.8 Å². The summed E-state index contributed by atoms with van der Waals surface area (Å²) in [6.45, 7) is 1.78. The van der Waals surface area contributed by atoms with Crippen LogP contribution in [0, 0.1) is 5.92 Å². The monoisotopic (exact) mass is 458 g/mol. The lowest BCUT2D eigenvalue weighted by atomic mass is 9.78. The number of carbonyl (C=O) groups is 1. The Balaban J connectivity index is 1.73. The Morgan fingerprint density at radius 3 is 2.48 bits per heavy atom. The molecule has 1 aliphatic carbocycles. The van der Waals surface area contributed by atoms with Gasteiger partial charge < -0.3 is 20.6 Å². The summed E-state index contributed by atoms with van der Waals surface area (Å²) in [7, 11) is 2.03. The highest BCUT2D eigenvalue weighted by atomic mass is 19.3. The molecule has 1 amide bonds. The summed E-state index contributed by atoms with van der Waals surface area (Å²) in [5.74, 6) is -3.95. The van der Waals surface area contributed by atoms with Crippen LogP contribution in [0.4, 0.5) is 14.6 Å². The molecule has 4 rings (SSSR count). The normalized spacial score (nSPS) is 23.2. The zero-order valence-corrected chi connectivity index (χ0v) is 19.0. The number of halogens is 2. The SMILES string of the molecule is CN1CCC(N(Cc2cccc(N)n2)C(=O)[C@@](O)(c2ccccc2)[C@@H]2CCC(F)(F)C2)CC1. The highest BCUT2D eigenvalue weighted by Gasteiger charge is 2.55. The van der Waals surface area contributed by atoms with Crippen LogP contribution in [0.2, 0.25) is 0 Å². The fraction of sp³-hybridized carbons (Fsp3) is 0.520. The maximum atomic E-state index is 14.2. The third-order valence-electron chi connectivity index (χ3n) is 7.08. The van der Waals surface area contributed by atoms with E-state index in [-0.39, 0.29) is 25.4 Å². The first-order valence-corrected chi connectivity index (χ1v) is 11.6. The van der Waals surface area contributed by atoms with Gasteiger partial charge in [-0.3, -0.25) is 4.79 Å². The van der Waals surface area contributed by atoms with Crippen molar-refractivity contribution in [2.45, 2.75) is 56.2 Å². The lowest BCUT2D eigenvalue weighted by molar-refractivity contribution is -0.165. The van der Waals surface area contributed by atoms with E-state index < -0.39 is 29.8 Å². The molecular formula is C25H32F2N4O2. The third kappa shape index (κ3) is 5.01. The lowest BCUT2D eigenvalue weighted by Crippen LogP contribution is -2.55. The number of hydrogen-bond donors (Lipinski definition) is 2. The Kier molecular flexibility index (Phi) is 6.68. The average Bonchev–Trinajstić information content (AvgIpc) is 3.18. The van der Waals surface area contributed by atoms with Crippen LogP contribution < -0.4 is 5.73 Å². The number of nitrogens with zero attached hydrogens (tertiary/aromatic N) is 3. The van der Waals surface area contributed by atoms with Crippen LogP contribution >= 0.6 is 0 Å². The minimum atomic E-state index is -2.89. The van der Waals surface area contributed by atoms with Gasteiger partial charge >= 0.3 is 0 Å². The van der Waals surface area contributed by atoms with Gasteiger partial charge in [0.1, 0.15) is 5.82 Å². The van der Waals surface area contributed by atoms with Crippen molar-refractivity contribution in [3.8, 4) is 0 Å². The van der Waals surface area contributed by atoms with Crippen LogP contribution in [0.3, 0.4) is 0 Å². The summed E-state index contributed by atoms with van der Waals surface area (Å²) in [5, 5.41) is 12.0. The van der Waals surface area contributed by atoms with Crippen molar-refractivity contribution in [3.63, 3.8) is 0 Å². The molecule has 1 saturated carbocycles. The summed E-state index contributed by atoms with van der Waals surface area (Å²) < 4.78 is 28.5. The molecule has 2 atom stereocenters. The summed E-state index contributed by atoms with van der Waals surface area (Å²) in [6, 6.07) is 13.6. The van der Waals surface area contributed by atoms with E-state index in [1.165, 1.54) is 0 Å². The number of benzene rings is 1. The highest BCUT2D eigenvalue weighted by molar-refractivity contribution is 5.87. The van der Waals surface area contributed by atoms with Crippen LogP contribution in [0.1, 0.15) is 43.4 Å². The van der Waals surface area contributed by atoms with E-state index in [0.717, 1.165) is 25.9 Å². The van der Waals surface area contributed by atoms with E-state index in [0.29, 0.717) is 17.1 Å². The van der Waals surface area contributed by atoms with Crippen molar-refractivity contribution >= 4 is 11.7 Å². The van der Waals surface area contributed by atoms with Gasteiger partial charge in [-0.15, -0.1) is 0 Å². The summed E-state index contributed by atoms with van der Waals surface area (Å²) in [4.78, 5) is 22.4. The van der Waals surface area contributed by atoms with E-state index in [1.54, 1.807) is 53.4 Å². The largest absolute Gasteiger partial charge is 0.384 e. The molecule has 33 heavy (non-hydrogen) atoms. The van der Waals surface area contributed by atoms with Gasteiger partial charge in [-0.1, -0.05) is 36.4 Å². The molecule has 8 heteroatoms. The molecule has 2 aliphatic rings. The molecule has 2 heterocycles. The molecule has 1 aromatic heterocycles. The third-order valence-corrected chi connectivity index (χ3v) is 7.08. The van der Waals surface area contributed by atoms with Crippen LogP contribution in [0.5, 0.6) is 0 Å². The molecule has 0 unspecified atom stereocenters. The molecule has 0 bridgehead atoms. The predicted octanol–water partition coefficient (Wildman–Crippen LogP) is 3.41. The van der Waals surface area contributed by atoms with Crippen LogP contribution in [0.25, 0.3) is 0 Å². The second-order valence-electron chi connectivity index (χ2n) is 9.45. The molecule has 2 fully saturated rings. The zero-order chi connectivity index (χ0) is 23.6. The topological polar surface area (TPSA) is 82.7 Å². The standard InChI is InChI=1S/C25H32F2N4O2/c1-30-14-11-21(12-15-30)31(17-20-8-5-9-22(28)29-20)23(32)25(33,18-6-3-2-4-7-18)19-10-13-24(26,27)16-19/h2-9,19,21,33H,10-17H2,1H3,(H2,28,29)/t19-,25-/m1/s1. The molecule has 3 N–H and O–H groups in total. The van der Waals surface area contributed by atoms with Crippen molar-refractivity contribution in [2.75, 3.05) is 25.9 Å². The summed E-state index contributed by atoms with van der Waals surface area (Å²) in [5.41, 5.74) is 4.79. The molecule has 1 aromatic carbocycles. The van der Waals surface area contributed by atoms with Crippen molar-refractivity contribution in [1.29, 1.82) is 0 Å². The Morgan fingerprint density at radius 2 is 1.88 bits per heavy atom. The molecule has 0 spiro atoms. The molecule has 6 nitrogen and oxygen atoms in total. The van der Waals surface area contributed by atoms with Crippen molar-refractivity contribution < 1.29 is 18.7 Å². The molecule has 2 aromatic rings. The number of aromatic nitrogens is 1. The second-order valence-corrected chi connectivity index (χ2v) is 9.45. The molecule has 1 saturated heterocycles. The number of nitrogen functional groups attached to an aromatic ring is 1. The van der Waals surface area contributed by atoms with Gasteiger partial charge in [0.25, 0.3) is 5.91 Å². The molecular weight excluding hydrogens is 426 g/mol. The zero-order valence-electron chi connectivity index (χ0n) is 19.0. The number of amides is 1. The minimum absolute atomic E-state index is 0.0852. The smallest absolute Gasteiger partial charge is 0.260 e. The van der Waals surface area contributed by atoms with Crippen LogP contribution in [-0.4, -0.2) is 57.9 Å². The predicted molar refractivity (Wildman–Crippen MR) is 122 cm³/mol. The Labute approximate surface area is 193 Å². The first-order chi connectivity index (χ1) is 15.7. The van der Waals surface area contributed by atoms with E-state index in [9.17, 15) is 18.7 Å². The molecule has 1 aliphatic heterocycles. The van der Waals surface area contributed by atoms with Gasteiger partial charge in [0.15, 0.2) is 5.60 Å². The number of carbonyl (C=O) groups excluding carboxylic acids is 1. The number of hydrogen-bond acceptors (Lipinski definition) is 5. The van der Waals surface area contributed by atoms with Gasteiger partial charge in [-0.25, -0.2) is 13.8 Å². The minimum Gasteiger partial charge on any atom is -0.384 e. The van der Waals surface area contributed by atoms with Crippen LogP contribution in [0.15, 0.2) is 48.5 Å². The maximum absolute atomic E-state index is 14.2. The van der Waals surface area contributed by atoms with Gasteiger partial charge in [-0.05, 0) is 57.1 Å². The lowest BCUT2D eigenvalue weighted by Gasteiger charge is -2.43. The van der Waals surface area contributed by atoms with Gasteiger partial charge in [0.2, 0.25) is 5.92 Å². The van der Waals surface area contributed by atoms with Gasteiger partial charge in [0.05, 0.1) is 12.2 Å². The van der Waals surface area contributed by atoms with Crippen LogP contribution in [-0.2, 0) is 16.9 Å². The highest BCUT2D eigenvalue weighted by Crippen LogP contribution is 2.48. The Morgan fingerprint density at radius 1 is 1.18 bits per heavy atom. The Bertz CT molecular complexity index is 966. The number of likely N-dealkylation sites (tertiary alicyclic amines) is 1. The fourth-order valence-electron chi connectivity index (χ4n) is 5.19. The summed E-state index contributed by atoms with van der Waals surface area (Å²) in [6.07, 6.45) is 0.710. The molecule has 178 valence electrons. The van der Waals surface area contributed by atoms with E-state index in [4.69, 9.17) is 5.73 Å². The van der Waals surface area contributed by atoms with E-state index in [2.05, 4.69) is 9.88 Å². The second kappa shape index (κ2) is 9.35. The first kappa shape index (κ1) is 23.6. The Hall–Kier alpha value is -2.58.